The number of allylic oxidation sites excluding steroid dienone is 1. The van der Waals surface area contributed by atoms with Crippen molar-refractivity contribution >= 4 is 12.0 Å². The van der Waals surface area contributed by atoms with E-state index in [2.05, 4.69) is 10.2 Å². The Morgan fingerprint density at radius 3 is 3.08 bits per heavy atom. The first-order valence-electron chi connectivity index (χ1n) is 3.69. The van der Waals surface area contributed by atoms with E-state index in [1.54, 1.807) is 6.08 Å². The van der Waals surface area contributed by atoms with Crippen molar-refractivity contribution in [3.05, 3.63) is 23.5 Å². The number of carboxylic acid groups (broad SMARTS) is 1. The molecule has 0 amide bonds. The third-order valence-electron chi connectivity index (χ3n) is 1.35. The van der Waals surface area contributed by atoms with Gasteiger partial charge in [-0.2, -0.15) is 5.10 Å². The quantitative estimate of drug-likeness (QED) is 0.715. The van der Waals surface area contributed by atoms with Crippen LogP contribution in [0.1, 0.15) is 29.5 Å². The summed E-state index contributed by atoms with van der Waals surface area (Å²) in [5.41, 5.74) is 0.764. The van der Waals surface area contributed by atoms with E-state index in [4.69, 9.17) is 5.11 Å². The van der Waals surface area contributed by atoms with Crippen LogP contribution in [0.3, 0.4) is 0 Å². The second-order valence-electron chi connectivity index (χ2n) is 2.32. The predicted octanol–water partition coefficient (Wildman–Crippen LogP) is 1.53. The van der Waals surface area contributed by atoms with Crippen LogP contribution in [-0.4, -0.2) is 21.3 Å². The van der Waals surface area contributed by atoms with Crippen molar-refractivity contribution < 1.29 is 9.90 Å². The van der Waals surface area contributed by atoms with Crippen molar-refractivity contribution in [2.75, 3.05) is 0 Å². The molecular formula is C8H10N2O2. The number of nitrogens with one attached hydrogen (secondary N) is 1. The van der Waals surface area contributed by atoms with Gasteiger partial charge in [0.05, 0.1) is 5.69 Å². The molecule has 4 nitrogen and oxygen atoms in total. The normalized spacial score (nSPS) is 10.8. The first-order valence-corrected chi connectivity index (χ1v) is 3.69. The molecule has 1 rings (SSSR count). The van der Waals surface area contributed by atoms with Crippen LogP contribution >= 0.6 is 0 Å². The van der Waals surface area contributed by atoms with Crippen LogP contribution in [0.5, 0.6) is 0 Å². The average Bonchev–Trinajstić information content (AvgIpc) is 2.48. The van der Waals surface area contributed by atoms with E-state index in [0.29, 0.717) is 5.69 Å². The van der Waals surface area contributed by atoms with Gasteiger partial charge in [0.15, 0.2) is 5.69 Å². The van der Waals surface area contributed by atoms with Gasteiger partial charge in [-0.1, -0.05) is 13.0 Å². The second kappa shape index (κ2) is 3.71. The van der Waals surface area contributed by atoms with E-state index in [1.165, 1.54) is 6.07 Å². The number of hydrogen-bond donors (Lipinski definition) is 2. The molecule has 2 N–H and O–H groups in total. The highest BCUT2D eigenvalue weighted by atomic mass is 16.4. The van der Waals surface area contributed by atoms with Crippen LogP contribution in [-0.2, 0) is 0 Å². The number of H-pyrrole nitrogens is 1. The molecule has 0 radical (unpaired) electrons. The minimum atomic E-state index is -1.01. The molecule has 0 aliphatic rings. The lowest BCUT2D eigenvalue weighted by atomic mass is 10.3. The van der Waals surface area contributed by atoms with Gasteiger partial charge in [0, 0.05) is 0 Å². The van der Waals surface area contributed by atoms with Crippen molar-refractivity contribution in [1.29, 1.82) is 0 Å². The summed E-state index contributed by atoms with van der Waals surface area (Å²) in [6.07, 6.45) is 4.65. The maximum atomic E-state index is 10.4. The smallest absolute Gasteiger partial charge is 0.356 e. The van der Waals surface area contributed by atoms with E-state index in [-0.39, 0.29) is 5.69 Å². The highest BCUT2D eigenvalue weighted by Gasteiger charge is 2.05. The Morgan fingerprint density at radius 2 is 2.58 bits per heavy atom. The fourth-order valence-electron chi connectivity index (χ4n) is 0.776. The summed E-state index contributed by atoms with van der Waals surface area (Å²) >= 11 is 0. The lowest BCUT2D eigenvalue weighted by Crippen LogP contribution is -1.95. The minimum Gasteiger partial charge on any atom is -0.476 e. The van der Waals surface area contributed by atoms with E-state index in [9.17, 15) is 4.79 Å². The summed E-state index contributed by atoms with van der Waals surface area (Å²) in [4.78, 5) is 10.4. The molecule has 0 saturated heterocycles. The molecule has 0 bridgehead atoms. The number of nitrogens with zero attached hydrogens (tertiary/aromatic N) is 1. The zero-order valence-electron chi connectivity index (χ0n) is 6.74. The number of carbonyl (C=O) groups is 1. The van der Waals surface area contributed by atoms with Gasteiger partial charge in [-0.25, -0.2) is 4.79 Å². The molecule has 0 aliphatic heterocycles. The fourth-order valence-corrected chi connectivity index (χ4v) is 0.776. The Balaban J connectivity index is 2.77. The maximum absolute atomic E-state index is 10.4. The molecule has 0 saturated carbocycles. The third-order valence-corrected chi connectivity index (χ3v) is 1.35. The summed E-state index contributed by atoms with van der Waals surface area (Å²) in [5.74, 6) is -1.01. The Labute approximate surface area is 69.9 Å². The van der Waals surface area contributed by atoms with Crippen molar-refractivity contribution in [1.82, 2.24) is 10.2 Å². The average molecular weight is 166 g/mol. The molecule has 0 aromatic carbocycles. The Kier molecular flexibility index (Phi) is 2.63. The molecule has 64 valence electrons. The van der Waals surface area contributed by atoms with Crippen molar-refractivity contribution in [3.63, 3.8) is 0 Å². The fraction of sp³-hybridized carbons (Fsp3) is 0.250. The van der Waals surface area contributed by atoms with E-state index >= 15 is 0 Å². The van der Waals surface area contributed by atoms with Gasteiger partial charge in [-0.15, -0.1) is 0 Å². The summed E-state index contributed by atoms with van der Waals surface area (Å²) in [5, 5.41) is 14.7. The number of aromatic nitrogens is 2. The SMILES string of the molecule is CC/C=C/c1cc(C(=O)O)n[nH]1. The van der Waals surface area contributed by atoms with Crippen LogP contribution < -0.4 is 0 Å². The van der Waals surface area contributed by atoms with Crippen molar-refractivity contribution in [2.24, 2.45) is 0 Å². The Morgan fingerprint density at radius 1 is 1.83 bits per heavy atom. The van der Waals surface area contributed by atoms with Crippen LogP contribution in [0.15, 0.2) is 12.1 Å². The summed E-state index contributed by atoms with van der Waals surface area (Å²) in [7, 11) is 0. The second-order valence-corrected chi connectivity index (χ2v) is 2.32. The molecule has 0 aliphatic carbocycles. The lowest BCUT2D eigenvalue weighted by Gasteiger charge is -1.80. The van der Waals surface area contributed by atoms with E-state index in [0.717, 1.165) is 6.42 Å². The number of carboxylic acids is 1. The lowest BCUT2D eigenvalue weighted by molar-refractivity contribution is 0.0690. The molecule has 4 heteroatoms. The van der Waals surface area contributed by atoms with Gasteiger partial charge >= 0.3 is 5.97 Å². The largest absolute Gasteiger partial charge is 0.476 e. The zero-order chi connectivity index (χ0) is 8.97. The predicted molar refractivity (Wildman–Crippen MR) is 44.9 cm³/mol. The third kappa shape index (κ3) is 1.95. The molecule has 1 aromatic heterocycles. The molecule has 0 fully saturated rings. The van der Waals surface area contributed by atoms with E-state index < -0.39 is 5.97 Å². The summed E-state index contributed by atoms with van der Waals surface area (Å²) in [6.45, 7) is 2.00. The molecule has 0 atom stereocenters. The summed E-state index contributed by atoms with van der Waals surface area (Å²) < 4.78 is 0. The highest BCUT2D eigenvalue weighted by molar-refractivity contribution is 5.85. The Hall–Kier alpha value is -1.58. The van der Waals surface area contributed by atoms with Gasteiger partial charge in [0.1, 0.15) is 0 Å². The number of rotatable bonds is 3. The molecular weight excluding hydrogens is 156 g/mol. The maximum Gasteiger partial charge on any atom is 0.356 e. The van der Waals surface area contributed by atoms with Crippen molar-refractivity contribution in [2.45, 2.75) is 13.3 Å². The van der Waals surface area contributed by atoms with Gasteiger partial charge in [-0.3, -0.25) is 5.10 Å². The minimum absolute atomic E-state index is 0.0470. The molecule has 1 heterocycles. The zero-order valence-corrected chi connectivity index (χ0v) is 6.74. The van der Waals surface area contributed by atoms with Crippen LogP contribution in [0, 0.1) is 0 Å². The Bertz CT molecular complexity index is 302. The molecule has 0 spiro atoms. The first-order chi connectivity index (χ1) is 5.74. The molecule has 1 aromatic rings. The first kappa shape index (κ1) is 8.52. The monoisotopic (exact) mass is 166 g/mol. The standard InChI is InChI=1S/C8H10N2O2/c1-2-3-4-6-5-7(8(11)12)10-9-6/h3-5H,2H2,1H3,(H,9,10)(H,11,12)/b4-3+. The van der Waals surface area contributed by atoms with Crippen LogP contribution in [0.2, 0.25) is 0 Å². The van der Waals surface area contributed by atoms with Gasteiger partial charge in [0.25, 0.3) is 0 Å². The van der Waals surface area contributed by atoms with Crippen LogP contribution in [0.4, 0.5) is 0 Å². The van der Waals surface area contributed by atoms with Crippen molar-refractivity contribution in [3.8, 4) is 0 Å². The van der Waals surface area contributed by atoms with E-state index in [1.807, 2.05) is 13.0 Å². The van der Waals surface area contributed by atoms with Crippen LogP contribution in [0.25, 0.3) is 6.08 Å². The van der Waals surface area contributed by atoms with Gasteiger partial charge in [0.2, 0.25) is 0 Å². The van der Waals surface area contributed by atoms with Gasteiger partial charge < -0.3 is 5.11 Å². The number of aromatic amines is 1. The molecule has 0 unspecified atom stereocenters. The topological polar surface area (TPSA) is 66.0 Å². The number of aromatic carboxylic acids is 1. The number of hydrogen-bond acceptors (Lipinski definition) is 2. The summed E-state index contributed by atoms with van der Waals surface area (Å²) in [6, 6.07) is 1.49. The molecule has 12 heavy (non-hydrogen) atoms. The van der Waals surface area contributed by atoms with Gasteiger partial charge in [-0.05, 0) is 18.6 Å². The highest BCUT2D eigenvalue weighted by Crippen LogP contribution is 2.01.